The van der Waals surface area contributed by atoms with Crippen molar-refractivity contribution >= 4 is 11.3 Å². The molecule has 5 heteroatoms. The summed E-state index contributed by atoms with van der Waals surface area (Å²) in [5.41, 5.74) is 3.00. The zero-order valence-electron chi connectivity index (χ0n) is 15.3. The fourth-order valence-electron chi connectivity index (χ4n) is 2.69. The number of allylic oxidation sites excluding steroid dienone is 1. The molecule has 2 rings (SSSR count). The molecule has 1 N–H and O–H groups in total. The van der Waals surface area contributed by atoms with Gasteiger partial charge in [-0.1, -0.05) is 45.0 Å². The van der Waals surface area contributed by atoms with Gasteiger partial charge in [-0.25, -0.2) is 0 Å². The van der Waals surface area contributed by atoms with Crippen molar-refractivity contribution in [2.45, 2.75) is 46.6 Å². The lowest BCUT2D eigenvalue weighted by Gasteiger charge is -2.19. The van der Waals surface area contributed by atoms with Crippen molar-refractivity contribution < 1.29 is 5.11 Å². The number of hydrogen-bond acceptors (Lipinski definition) is 4. The normalized spacial score (nSPS) is 12.3. The van der Waals surface area contributed by atoms with Crippen LogP contribution in [0.5, 0.6) is 0 Å². The number of aliphatic hydroxyl groups excluding tert-OH is 1. The van der Waals surface area contributed by atoms with E-state index in [1.54, 1.807) is 11.6 Å². The number of benzene rings is 1. The third-order valence-electron chi connectivity index (χ3n) is 4.15. The van der Waals surface area contributed by atoms with Gasteiger partial charge in [0.2, 0.25) is 0 Å². The van der Waals surface area contributed by atoms with Crippen molar-refractivity contribution in [1.82, 2.24) is 9.78 Å². The topological polar surface area (TPSA) is 85.6 Å². The first-order valence-electron chi connectivity index (χ1n) is 8.16. The predicted molar refractivity (Wildman–Crippen MR) is 97.6 cm³/mol. The van der Waals surface area contributed by atoms with Crippen molar-refractivity contribution in [1.29, 1.82) is 10.5 Å². The summed E-state index contributed by atoms with van der Waals surface area (Å²) in [6, 6.07) is 11.7. The maximum Gasteiger partial charge on any atom is 0.160 e. The van der Waals surface area contributed by atoms with E-state index in [0.29, 0.717) is 29.1 Å². The third kappa shape index (κ3) is 3.41. The van der Waals surface area contributed by atoms with Crippen LogP contribution >= 0.6 is 0 Å². The Balaban J connectivity index is 2.64. The van der Waals surface area contributed by atoms with Crippen molar-refractivity contribution in [2.75, 3.05) is 0 Å². The fraction of sp³-hybridized carbons (Fsp3) is 0.350. The monoisotopic (exact) mass is 334 g/mol. The predicted octanol–water partition coefficient (Wildman–Crippen LogP) is 4.33. The molecule has 0 aliphatic rings. The van der Waals surface area contributed by atoms with Crippen LogP contribution in [0.3, 0.4) is 0 Å². The second-order valence-corrected chi connectivity index (χ2v) is 6.90. The SMILES string of the molecule is CCn1nc(C)c(C#N)c1/C(O)=C(\C#N)c1ccc(C(C)(C)C)cc1. The summed E-state index contributed by atoms with van der Waals surface area (Å²) in [6.45, 7) is 10.4. The zero-order valence-corrected chi connectivity index (χ0v) is 15.3. The van der Waals surface area contributed by atoms with Crippen LogP contribution in [0.15, 0.2) is 24.3 Å². The molecule has 5 nitrogen and oxygen atoms in total. The van der Waals surface area contributed by atoms with Crippen LogP contribution in [0.25, 0.3) is 11.3 Å². The molecular formula is C20H22N4O. The van der Waals surface area contributed by atoms with E-state index in [1.165, 1.54) is 0 Å². The van der Waals surface area contributed by atoms with Gasteiger partial charge in [-0.3, -0.25) is 4.68 Å². The lowest BCUT2D eigenvalue weighted by Crippen LogP contribution is -2.10. The molecule has 2 aromatic rings. The highest BCUT2D eigenvalue weighted by Crippen LogP contribution is 2.29. The number of nitriles is 2. The molecule has 0 aliphatic carbocycles. The van der Waals surface area contributed by atoms with Crippen LogP contribution in [-0.4, -0.2) is 14.9 Å². The van der Waals surface area contributed by atoms with Crippen molar-refractivity contribution in [3.05, 3.63) is 52.3 Å². The van der Waals surface area contributed by atoms with Crippen molar-refractivity contribution in [3.8, 4) is 12.1 Å². The first kappa shape index (κ1) is 18.3. The third-order valence-corrected chi connectivity index (χ3v) is 4.15. The van der Waals surface area contributed by atoms with Gasteiger partial charge in [-0.15, -0.1) is 0 Å². The summed E-state index contributed by atoms with van der Waals surface area (Å²) >= 11 is 0. The summed E-state index contributed by atoms with van der Waals surface area (Å²) < 4.78 is 1.55. The minimum atomic E-state index is -0.218. The van der Waals surface area contributed by atoms with Crippen molar-refractivity contribution in [2.24, 2.45) is 0 Å². The zero-order chi connectivity index (χ0) is 18.8. The molecule has 1 aromatic heterocycles. The van der Waals surface area contributed by atoms with Crippen LogP contribution in [0, 0.1) is 29.6 Å². The smallest absolute Gasteiger partial charge is 0.160 e. The fourth-order valence-corrected chi connectivity index (χ4v) is 2.69. The van der Waals surface area contributed by atoms with E-state index >= 15 is 0 Å². The van der Waals surface area contributed by atoms with E-state index in [0.717, 1.165) is 5.56 Å². The van der Waals surface area contributed by atoms with Gasteiger partial charge in [0.15, 0.2) is 5.76 Å². The first-order chi connectivity index (χ1) is 11.7. The first-order valence-corrected chi connectivity index (χ1v) is 8.16. The van der Waals surface area contributed by atoms with Crippen LogP contribution in [0.4, 0.5) is 0 Å². The molecule has 1 heterocycles. The largest absolute Gasteiger partial charge is 0.504 e. The second-order valence-electron chi connectivity index (χ2n) is 6.90. The highest BCUT2D eigenvalue weighted by molar-refractivity contribution is 5.94. The van der Waals surface area contributed by atoms with Gasteiger partial charge in [0, 0.05) is 6.54 Å². The summed E-state index contributed by atoms with van der Waals surface area (Å²) in [5.74, 6) is -0.218. The Hall–Kier alpha value is -3.05. The Labute approximate surface area is 148 Å². The molecule has 0 unspecified atom stereocenters. The van der Waals surface area contributed by atoms with Gasteiger partial charge in [-0.2, -0.15) is 15.6 Å². The van der Waals surface area contributed by atoms with E-state index in [1.807, 2.05) is 31.2 Å². The van der Waals surface area contributed by atoms with Crippen LogP contribution in [0.1, 0.15) is 55.8 Å². The van der Waals surface area contributed by atoms with E-state index in [-0.39, 0.29) is 16.7 Å². The number of nitrogens with zero attached hydrogens (tertiary/aromatic N) is 4. The molecule has 0 spiro atoms. The van der Waals surface area contributed by atoms with Gasteiger partial charge in [0.25, 0.3) is 0 Å². The van der Waals surface area contributed by atoms with Gasteiger partial charge in [0.1, 0.15) is 29.0 Å². The minimum Gasteiger partial charge on any atom is -0.504 e. The quantitative estimate of drug-likeness (QED) is 0.668. The van der Waals surface area contributed by atoms with Gasteiger partial charge in [0.05, 0.1) is 5.69 Å². The molecule has 25 heavy (non-hydrogen) atoms. The molecule has 128 valence electrons. The molecule has 0 atom stereocenters. The summed E-state index contributed by atoms with van der Waals surface area (Å²) in [6.07, 6.45) is 0. The highest BCUT2D eigenvalue weighted by atomic mass is 16.3. The molecule has 0 saturated heterocycles. The minimum absolute atomic E-state index is 0.00299. The van der Waals surface area contributed by atoms with Crippen LogP contribution in [0.2, 0.25) is 0 Å². The Morgan fingerprint density at radius 2 is 1.80 bits per heavy atom. The van der Waals surface area contributed by atoms with E-state index in [9.17, 15) is 15.6 Å². The average molecular weight is 334 g/mol. The van der Waals surface area contributed by atoms with E-state index in [4.69, 9.17) is 0 Å². The maximum atomic E-state index is 10.7. The Morgan fingerprint density at radius 1 is 1.20 bits per heavy atom. The summed E-state index contributed by atoms with van der Waals surface area (Å²) in [4.78, 5) is 0. The molecule has 1 aromatic carbocycles. The van der Waals surface area contributed by atoms with E-state index < -0.39 is 0 Å². The van der Waals surface area contributed by atoms with E-state index in [2.05, 4.69) is 38.0 Å². The average Bonchev–Trinajstić information content (AvgIpc) is 2.90. The standard InChI is InChI=1S/C20H22N4O/c1-6-24-18(16(11-21)13(2)23-24)19(25)17(12-22)14-7-9-15(10-8-14)20(3,4)5/h7-10,25H,6H2,1-5H3/b19-17-. The Morgan fingerprint density at radius 3 is 2.24 bits per heavy atom. The van der Waals surface area contributed by atoms with Gasteiger partial charge >= 0.3 is 0 Å². The summed E-state index contributed by atoms with van der Waals surface area (Å²) in [5, 5.41) is 34.0. The van der Waals surface area contributed by atoms with Gasteiger partial charge in [-0.05, 0) is 30.4 Å². The molecular weight excluding hydrogens is 312 g/mol. The number of aromatic nitrogens is 2. The molecule has 0 fully saturated rings. The number of hydrogen-bond donors (Lipinski definition) is 1. The maximum absolute atomic E-state index is 10.7. The van der Waals surface area contributed by atoms with Crippen molar-refractivity contribution in [3.63, 3.8) is 0 Å². The van der Waals surface area contributed by atoms with Crippen LogP contribution < -0.4 is 0 Å². The molecule has 0 aliphatic heterocycles. The Bertz CT molecular complexity index is 897. The van der Waals surface area contributed by atoms with Crippen LogP contribution in [-0.2, 0) is 12.0 Å². The summed E-state index contributed by atoms with van der Waals surface area (Å²) in [7, 11) is 0. The number of aliphatic hydroxyl groups is 1. The molecule has 0 bridgehead atoms. The molecule has 0 amide bonds. The number of rotatable bonds is 3. The molecule has 0 saturated carbocycles. The second kappa shape index (κ2) is 6.83. The Kier molecular flexibility index (Phi) is 4.99. The lowest BCUT2D eigenvalue weighted by atomic mass is 9.86. The lowest BCUT2D eigenvalue weighted by molar-refractivity contribution is 0.497. The highest BCUT2D eigenvalue weighted by Gasteiger charge is 2.22. The molecule has 0 radical (unpaired) electrons. The number of aryl methyl sites for hydroxylation is 2. The van der Waals surface area contributed by atoms with Gasteiger partial charge < -0.3 is 5.11 Å².